The van der Waals surface area contributed by atoms with Crippen molar-refractivity contribution >= 4 is 0 Å². The Bertz CT molecular complexity index is 866. The molecule has 0 aliphatic rings. The molecule has 0 spiro atoms. The molecule has 0 unspecified atom stereocenters. The summed E-state index contributed by atoms with van der Waals surface area (Å²) in [6.45, 7) is 1.67. The highest BCUT2D eigenvalue weighted by Crippen LogP contribution is 2.25. The molecular formula is C23H28N2O3. The standard InChI is InChI=1S/C23H28N2O3/c1-2-3-21-14-22(25-28-21)20-10-8-19(9-11-20)18-6-4-17(5-7-18)12-13-23(24,15-26)16-27/h4-11,14,26-27H,2-3,12-13,15-16,24H2,1H3. The predicted molar refractivity (Wildman–Crippen MR) is 111 cm³/mol. The van der Waals surface area contributed by atoms with Crippen LogP contribution in [0.5, 0.6) is 0 Å². The van der Waals surface area contributed by atoms with Crippen LogP contribution in [0.3, 0.4) is 0 Å². The number of aliphatic hydroxyl groups excluding tert-OH is 2. The summed E-state index contributed by atoms with van der Waals surface area (Å²) in [6.07, 6.45) is 3.18. The highest BCUT2D eigenvalue weighted by molar-refractivity contribution is 5.68. The first-order valence-electron chi connectivity index (χ1n) is 9.73. The lowest BCUT2D eigenvalue weighted by molar-refractivity contribution is 0.115. The Hall–Kier alpha value is -2.47. The van der Waals surface area contributed by atoms with Crippen LogP contribution in [0, 0.1) is 0 Å². The molecule has 5 heteroatoms. The van der Waals surface area contributed by atoms with Crippen LogP contribution in [0.15, 0.2) is 59.1 Å². The zero-order valence-electron chi connectivity index (χ0n) is 16.3. The number of nitrogens with zero attached hydrogens (tertiary/aromatic N) is 1. The average molecular weight is 380 g/mol. The maximum absolute atomic E-state index is 9.29. The topological polar surface area (TPSA) is 92.5 Å². The minimum atomic E-state index is -0.924. The van der Waals surface area contributed by atoms with Gasteiger partial charge in [0, 0.05) is 18.1 Å². The van der Waals surface area contributed by atoms with Gasteiger partial charge in [-0.1, -0.05) is 60.6 Å². The Morgan fingerprint density at radius 2 is 1.46 bits per heavy atom. The maximum atomic E-state index is 9.29. The van der Waals surface area contributed by atoms with Gasteiger partial charge in [-0.2, -0.15) is 0 Å². The minimum absolute atomic E-state index is 0.223. The van der Waals surface area contributed by atoms with Crippen LogP contribution >= 0.6 is 0 Å². The maximum Gasteiger partial charge on any atom is 0.137 e. The molecule has 4 N–H and O–H groups in total. The highest BCUT2D eigenvalue weighted by Gasteiger charge is 2.22. The van der Waals surface area contributed by atoms with Gasteiger partial charge in [-0.05, 0) is 36.0 Å². The number of aliphatic hydroxyl groups is 2. The van der Waals surface area contributed by atoms with E-state index in [9.17, 15) is 10.2 Å². The Kier molecular flexibility index (Phi) is 6.62. The number of hydrogen-bond donors (Lipinski definition) is 3. The molecule has 0 aliphatic heterocycles. The second kappa shape index (κ2) is 9.15. The van der Waals surface area contributed by atoms with Crippen molar-refractivity contribution in [1.82, 2.24) is 5.16 Å². The van der Waals surface area contributed by atoms with E-state index in [2.05, 4.69) is 60.6 Å². The molecule has 0 saturated heterocycles. The molecule has 0 saturated carbocycles. The van der Waals surface area contributed by atoms with Gasteiger partial charge < -0.3 is 20.5 Å². The molecule has 0 radical (unpaired) electrons. The lowest BCUT2D eigenvalue weighted by atomic mass is 9.93. The van der Waals surface area contributed by atoms with Gasteiger partial charge in [-0.15, -0.1) is 0 Å². The summed E-state index contributed by atoms with van der Waals surface area (Å²) >= 11 is 0. The normalized spacial score (nSPS) is 11.7. The molecule has 0 fully saturated rings. The van der Waals surface area contributed by atoms with Crippen LogP contribution in [-0.4, -0.2) is 34.1 Å². The second-order valence-corrected chi connectivity index (χ2v) is 7.38. The number of nitrogens with two attached hydrogens (primary N) is 1. The summed E-state index contributed by atoms with van der Waals surface area (Å²) < 4.78 is 5.36. The Labute approximate surface area is 165 Å². The number of aromatic nitrogens is 1. The van der Waals surface area contributed by atoms with Crippen molar-refractivity contribution in [1.29, 1.82) is 0 Å². The number of aryl methyl sites for hydroxylation is 2. The monoisotopic (exact) mass is 380 g/mol. The average Bonchev–Trinajstić information content (AvgIpc) is 3.21. The Morgan fingerprint density at radius 1 is 0.893 bits per heavy atom. The largest absolute Gasteiger partial charge is 0.394 e. The van der Waals surface area contributed by atoms with E-state index in [1.165, 1.54) is 0 Å². The Balaban J connectivity index is 1.66. The van der Waals surface area contributed by atoms with Crippen molar-refractivity contribution in [2.75, 3.05) is 13.2 Å². The second-order valence-electron chi connectivity index (χ2n) is 7.38. The van der Waals surface area contributed by atoms with Crippen molar-refractivity contribution in [2.45, 2.75) is 38.1 Å². The number of rotatable bonds is 9. The van der Waals surface area contributed by atoms with Gasteiger partial charge in [0.05, 0.1) is 18.8 Å². The van der Waals surface area contributed by atoms with Gasteiger partial charge in [0.15, 0.2) is 0 Å². The summed E-state index contributed by atoms with van der Waals surface area (Å²) in [7, 11) is 0. The van der Waals surface area contributed by atoms with Gasteiger partial charge in [0.2, 0.25) is 0 Å². The summed E-state index contributed by atoms with van der Waals surface area (Å²) in [6, 6.07) is 18.6. The Morgan fingerprint density at radius 3 is 2.04 bits per heavy atom. The van der Waals surface area contributed by atoms with Crippen molar-refractivity contribution in [3.63, 3.8) is 0 Å². The third-order valence-electron chi connectivity index (χ3n) is 5.06. The first kappa shape index (κ1) is 20.3. The molecule has 3 aromatic rings. The van der Waals surface area contributed by atoms with E-state index in [1.807, 2.05) is 6.07 Å². The van der Waals surface area contributed by atoms with E-state index in [0.29, 0.717) is 12.8 Å². The summed E-state index contributed by atoms with van der Waals surface area (Å²) in [5, 5.41) is 22.7. The molecule has 0 aliphatic carbocycles. The molecule has 2 aromatic carbocycles. The third kappa shape index (κ3) is 4.87. The zero-order chi connectivity index (χ0) is 20.0. The van der Waals surface area contributed by atoms with E-state index in [-0.39, 0.29) is 13.2 Å². The van der Waals surface area contributed by atoms with Crippen LogP contribution < -0.4 is 5.73 Å². The first-order valence-corrected chi connectivity index (χ1v) is 9.73. The van der Waals surface area contributed by atoms with E-state index in [1.54, 1.807) is 0 Å². The quantitative estimate of drug-likeness (QED) is 0.528. The van der Waals surface area contributed by atoms with E-state index >= 15 is 0 Å². The van der Waals surface area contributed by atoms with E-state index in [4.69, 9.17) is 10.3 Å². The summed E-state index contributed by atoms with van der Waals surface area (Å²) in [5.41, 5.74) is 10.3. The fourth-order valence-electron chi connectivity index (χ4n) is 3.11. The van der Waals surface area contributed by atoms with Crippen LogP contribution in [0.4, 0.5) is 0 Å². The molecule has 1 heterocycles. The van der Waals surface area contributed by atoms with Crippen LogP contribution in [0.2, 0.25) is 0 Å². The molecular weight excluding hydrogens is 352 g/mol. The third-order valence-corrected chi connectivity index (χ3v) is 5.06. The minimum Gasteiger partial charge on any atom is -0.394 e. The molecule has 1 aromatic heterocycles. The SMILES string of the molecule is CCCc1cc(-c2ccc(-c3ccc(CCC(N)(CO)CO)cc3)cc2)no1. The van der Waals surface area contributed by atoms with Gasteiger partial charge >= 0.3 is 0 Å². The molecule has 0 bridgehead atoms. The number of benzene rings is 2. The van der Waals surface area contributed by atoms with Crippen LogP contribution in [0.1, 0.15) is 31.1 Å². The lowest BCUT2D eigenvalue weighted by Gasteiger charge is -2.24. The highest BCUT2D eigenvalue weighted by atomic mass is 16.5. The predicted octanol–water partition coefficient (Wildman–Crippen LogP) is 3.58. The van der Waals surface area contributed by atoms with Crippen molar-refractivity contribution in [2.24, 2.45) is 5.73 Å². The molecule has 28 heavy (non-hydrogen) atoms. The zero-order valence-corrected chi connectivity index (χ0v) is 16.3. The fraction of sp³-hybridized carbons (Fsp3) is 0.348. The fourth-order valence-corrected chi connectivity index (χ4v) is 3.11. The van der Waals surface area contributed by atoms with Crippen molar-refractivity contribution in [3.8, 4) is 22.4 Å². The van der Waals surface area contributed by atoms with Gasteiger partial charge in [0.1, 0.15) is 11.5 Å². The van der Waals surface area contributed by atoms with Crippen molar-refractivity contribution in [3.05, 3.63) is 65.9 Å². The molecule has 148 valence electrons. The molecule has 5 nitrogen and oxygen atoms in total. The van der Waals surface area contributed by atoms with E-state index in [0.717, 1.165) is 46.5 Å². The molecule has 3 rings (SSSR count). The van der Waals surface area contributed by atoms with E-state index < -0.39 is 5.54 Å². The molecule has 0 atom stereocenters. The van der Waals surface area contributed by atoms with Crippen molar-refractivity contribution < 1.29 is 14.7 Å². The van der Waals surface area contributed by atoms with Crippen LogP contribution in [0.25, 0.3) is 22.4 Å². The summed E-state index contributed by atoms with van der Waals surface area (Å²) in [5.74, 6) is 0.918. The van der Waals surface area contributed by atoms with Gasteiger partial charge in [-0.25, -0.2) is 0 Å². The lowest BCUT2D eigenvalue weighted by Crippen LogP contribution is -2.47. The van der Waals surface area contributed by atoms with Crippen LogP contribution in [-0.2, 0) is 12.8 Å². The number of hydrogen-bond acceptors (Lipinski definition) is 5. The van der Waals surface area contributed by atoms with Gasteiger partial charge in [-0.3, -0.25) is 0 Å². The first-order chi connectivity index (χ1) is 13.6. The summed E-state index contributed by atoms with van der Waals surface area (Å²) in [4.78, 5) is 0. The smallest absolute Gasteiger partial charge is 0.137 e. The molecule has 0 amide bonds. The van der Waals surface area contributed by atoms with Gasteiger partial charge in [0.25, 0.3) is 0 Å².